The lowest BCUT2D eigenvalue weighted by atomic mass is 9.98. The second-order valence-corrected chi connectivity index (χ2v) is 3.71. The van der Waals surface area contributed by atoms with E-state index in [0.29, 0.717) is 5.92 Å². The molecule has 0 heterocycles. The van der Waals surface area contributed by atoms with Crippen LogP contribution in [0.4, 0.5) is 0 Å². The molecule has 1 aromatic carbocycles. The van der Waals surface area contributed by atoms with Gasteiger partial charge in [0, 0.05) is 12.4 Å². The SMILES string of the molecule is C=C/N=C\c1ccc(C(C)C)cc1C=C. The van der Waals surface area contributed by atoms with Crippen molar-refractivity contribution in [3.8, 4) is 0 Å². The van der Waals surface area contributed by atoms with Gasteiger partial charge < -0.3 is 0 Å². The number of nitrogens with zero attached hydrogens (tertiary/aromatic N) is 1. The third kappa shape index (κ3) is 2.91. The molecule has 0 aliphatic rings. The summed E-state index contributed by atoms with van der Waals surface area (Å²) in [6.45, 7) is 11.7. The van der Waals surface area contributed by atoms with E-state index >= 15 is 0 Å². The van der Waals surface area contributed by atoms with Crippen LogP contribution >= 0.6 is 0 Å². The number of aliphatic imine (C=N–C) groups is 1. The Morgan fingerprint density at radius 1 is 1.20 bits per heavy atom. The molecule has 1 heteroatoms. The van der Waals surface area contributed by atoms with Crippen LogP contribution in [0.5, 0.6) is 0 Å². The quantitative estimate of drug-likeness (QED) is 0.649. The lowest BCUT2D eigenvalue weighted by Gasteiger charge is -2.08. The van der Waals surface area contributed by atoms with Crippen molar-refractivity contribution < 1.29 is 0 Å². The van der Waals surface area contributed by atoms with Crippen LogP contribution in [0, 0.1) is 0 Å². The van der Waals surface area contributed by atoms with Gasteiger partial charge in [0.1, 0.15) is 0 Å². The molecule has 78 valence electrons. The van der Waals surface area contributed by atoms with Crippen LogP contribution < -0.4 is 0 Å². The van der Waals surface area contributed by atoms with E-state index in [-0.39, 0.29) is 0 Å². The first-order chi connectivity index (χ1) is 7.19. The minimum absolute atomic E-state index is 0.536. The molecule has 15 heavy (non-hydrogen) atoms. The van der Waals surface area contributed by atoms with E-state index in [1.165, 1.54) is 11.8 Å². The molecule has 1 rings (SSSR count). The van der Waals surface area contributed by atoms with Gasteiger partial charge in [0.2, 0.25) is 0 Å². The first-order valence-electron chi connectivity index (χ1n) is 5.09. The summed E-state index contributed by atoms with van der Waals surface area (Å²) in [5, 5.41) is 0. The summed E-state index contributed by atoms with van der Waals surface area (Å²) < 4.78 is 0. The maximum Gasteiger partial charge on any atom is 0.0346 e. The van der Waals surface area contributed by atoms with E-state index in [2.05, 4.69) is 50.2 Å². The predicted molar refractivity (Wildman–Crippen MR) is 68.4 cm³/mol. The van der Waals surface area contributed by atoms with E-state index < -0.39 is 0 Å². The Kier molecular flexibility index (Phi) is 4.04. The van der Waals surface area contributed by atoms with Crippen LogP contribution in [-0.4, -0.2) is 6.21 Å². The van der Waals surface area contributed by atoms with Crippen LogP contribution in [0.25, 0.3) is 6.08 Å². The highest BCUT2D eigenvalue weighted by atomic mass is 14.7. The second kappa shape index (κ2) is 5.30. The van der Waals surface area contributed by atoms with Gasteiger partial charge in [-0.3, -0.25) is 4.99 Å². The van der Waals surface area contributed by atoms with Crippen LogP contribution in [0.3, 0.4) is 0 Å². The van der Waals surface area contributed by atoms with Gasteiger partial charge in [-0.1, -0.05) is 51.3 Å². The van der Waals surface area contributed by atoms with Crippen molar-refractivity contribution in [3.63, 3.8) is 0 Å². The molecule has 0 fully saturated rings. The second-order valence-electron chi connectivity index (χ2n) is 3.71. The first kappa shape index (κ1) is 11.4. The molecule has 0 spiro atoms. The van der Waals surface area contributed by atoms with Gasteiger partial charge in [-0.25, -0.2) is 0 Å². The number of benzene rings is 1. The van der Waals surface area contributed by atoms with Crippen molar-refractivity contribution >= 4 is 12.3 Å². The summed E-state index contributed by atoms with van der Waals surface area (Å²) in [4.78, 5) is 4.02. The van der Waals surface area contributed by atoms with E-state index in [9.17, 15) is 0 Å². The maximum absolute atomic E-state index is 4.02. The smallest absolute Gasteiger partial charge is 0.0346 e. The molecular weight excluding hydrogens is 182 g/mol. The zero-order valence-corrected chi connectivity index (χ0v) is 9.40. The number of rotatable bonds is 4. The summed E-state index contributed by atoms with van der Waals surface area (Å²) >= 11 is 0. The minimum atomic E-state index is 0.536. The Hall–Kier alpha value is -1.63. The third-order valence-electron chi connectivity index (χ3n) is 2.32. The van der Waals surface area contributed by atoms with Gasteiger partial charge in [0.05, 0.1) is 0 Å². The molecule has 1 aromatic rings. The van der Waals surface area contributed by atoms with E-state index in [1.807, 2.05) is 6.08 Å². The van der Waals surface area contributed by atoms with Crippen molar-refractivity contribution in [2.75, 3.05) is 0 Å². The number of hydrogen-bond acceptors (Lipinski definition) is 1. The summed E-state index contributed by atoms with van der Waals surface area (Å²) in [5.74, 6) is 0.536. The lowest BCUT2D eigenvalue weighted by Crippen LogP contribution is -1.92. The fraction of sp³-hybridized carbons (Fsp3) is 0.214. The van der Waals surface area contributed by atoms with Gasteiger partial charge in [0.25, 0.3) is 0 Å². The molecule has 0 atom stereocenters. The lowest BCUT2D eigenvalue weighted by molar-refractivity contribution is 0.866. The average Bonchev–Trinajstić information content (AvgIpc) is 2.25. The van der Waals surface area contributed by atoms with Gasteiger partial charge in [-0.05, 0) is 22.6 Å². The highest BCUT2D eigenvalue weighted by Crippen LogP contribution is 2.18. The number of hydrogen-bond donors (Lipinski definition) is 0. The Bertz CT molecular complexity index is 386. The van der Waals surface area contributed by atoms with Gasteiger partial charge in [-0.15, -0.1) is 0 Å². The van der Waals surface area contributed by atoms with Crippen LogP contribution in [0.1, 0.15) is 36.5 Å². The molecular formula is C14H17N. The highest BCUT2D eigenvalue weighted by Gasteiger charge is 2.02. The monoisotopic (exact) mass is 199 g/mol. The molecule has 0 N–H and O–H groups in total. The molecule has 0 aliphatic heterocycles. The summed E-state index contributed by atoms with van der Waals surface area (Å²) in [7, 11) is 0. The zero-order chi connectivity index (χ0) is 11.3. The van der Waals surface area contributed by atoms with Gasteiger partial charge >= 0.3 is 0 Å². The molecule has 0 bridgehead atoms. The molecule has 0 amide bonds. The Balaban J connectivity index is 3.14. The zero-order valence-electron chi connectivity index (χ0n) is 9.40. The summed E-state index contributed by atoms with van der Waals surface area (Å²) in [6, 6.07) is 6.35. The molecule has 0 saturated heterocycles. The van der Waals surface area contributed by atoms with E-state index in [0.717, 1.165) is 11.1 Å². The van der Waals surface area contributed by atoms with Crippen molar-refractivity contribution in [2.24, 2.45) is 4.99 Å². The Labute approximate surface area is 91.9 Å². The van der Waals surface area contributed by atoms with E-state index in [1.54, 1.807) is 6.21 Å². The topological polar surface area (TPSA) is 12.4 Å². The minimum Gasteiger partial charge on any atom is -0.265 e. The Morgan fingerprint density at radius 2 is 1.93 bits per heavy atom. The summed E-state index contributed by atoms with van der Waals surface area (Å²) in [6.07, 6.45) is 5.19. The van der Waals surface area contributed by atoms with Crippen molar-refractivity contribution in [2.45, 2.75) is 19.8 Å². The highest BCUT2D eigenvalue weighted by molar-refractivity contribution is 5.85. The van der Waals surface area contributed by atoms with Crippen molar-refractivity contribution in [1.29, 1.82) is 0 Å². The van der Waals surface area contributed by atoms with Crippen LogP contribution in [-0.2, 0) is 0 Å². The standard InChI is InChI=1S/C14H17N/c1-5-12-9-13(11(3)4)7-8-14(12)10-15-6-2/h5-11H,1-2H2,3-4H3/b15-10-. The fourth-order valence-corrected chi connectivity index (χ4v) is 1.38. The summed E-state index contributed by atoms with van der Waals surface area (Å²) in [5.41, 5.74) is 3.52. The molecule has 0 saturated carbocycles. The van der Waals surface area contributed by atoms with E-state index in [4.69, 9.17) is 0 Å². The van der Waals surface area contributed by atoms with Gasteiger partial charge in [-0.2, -0.15) is 0 Å². The Morgan fingerprint density at radius 3 is 2.47 bits per heavy atom. The van der Waals surface area contributed by atoms with Crippen molar-refractivity contribution in [1.82, 2.24) is 0 Å². The molecule has 0 radical (unpaired) electrons. The van der Waals surface area contributed by atoms with Gasteiger partial charge in [0.15, 0.2) is 0 Å². The molecule has 0 aliphatic carbocycles. The maximum atomic E-state index is 4.02. The predicted octanol–water partition coefficient (Wildman–Crippen LogP) is 4.02. The molecule has 0 unspecified atom stereocenters. The average molecular weight is 199 g/mol. The van der Waals surface area contributed by atoms with Crippen LogP contribution in [0.2, 0.25) is 0 Å². The van der Waals surface area contributed by atoms with Crippen LogP contribution in [0.15, 0.2) is 42.5 Å². The molecule has 0 aromatic heterocycles. The van der Waals surface area contributed by atoms with Crippen molar-refractivity contribution in [3.05, 3.63) is 54.2 Å². The normalized spacial score (nSPS) is 10.9. The largest absolute Gasteiger partial charge is 0.265 e. The fourth-order valence-electron chi connectivity index (χ4n) is 1.38. The first-order valence-corrected chi connectivity index (χ1v) is 5.09. The molecule has 1 nitrogen and oxygen atoms in total. The third-order valence-corrected chi connectivity index (χ3v) is 2.32.